The fourth-order valence-corrected chi connectivity index (χ4v) is 3.38. The minimum atomic E-state index is 0.768. The Hall–Kier alpha value is -1.08. The van der Waals surface area contributed by atoms with Crippen molar-refractivity contribution in [3.63, 3.8) is 0 Å². The van der Waals surface area contributed by atoms with E-state index in [1.54, 1.807) is 11.1 Å². The largest absolute Gasteiger partial charge is 0.317 e. The minimum Gasteiger partial charge on any atom is -0.317 e. The van der Waals surface area contributed by atoms with Crippen LogP contribution >= 0.6 is 0 Å². The second-order valence-electron chi connectivity index (χ2n) is 6.26. The second kappa shape index (κ2) is 5.92. The fourth-order valence-electron chi connectivity index (χ4n) is 3.38. The lowest BCUT2D eigenvalue weighted by Gasteiger charge is -2.24. The Morgan fingerprint density at radius 1 is 1.11 bits per heavy atom. The summed E-state index contributed by atoms with van der Waals surface area (Å²) in [5.41, 5.74) is 4.61. The number of benzene rings is 1. The van der Waals surface area contributed by atoms with E-state index in [4.69, 9.17) is 0 Å². The van der Waals surface area contributed by atoms with Crippen molar-refractivity contribution >= 4 is 5.57 Å². The molecular formula is C18H25N. The van der Waals surface area contributed by atoms with Crippen LogP contribution < -0.4 is 5.32 Å². The third kappa shape index (κ3) is 3.09. The lowest BCUT2D eigenvalue weighted by molar-refractivity contribution is 0.460. The van der Waals surface area contributed by atoms with Gasteiger partial charge in [0.1, 0.15) is 0 Å². The molecule has 0 bridgehead atoms. The van der Waals surface area contributed by atoms with E-state index < -0.39 is 0 Å². The van der Waals surface area contributed by atoms with Gasteiger partial charge in [-0.3, -0.25) is 0 Å². The summed E-state index contributed by atoms with van der Waals surface area (Å²) < 4.78 is 0. The lowest BCUT2D eigenvalue weighted by atomic mass is 9.85. The number of nitrogens with one attached hydrogen (secondary N) is 1. The average Bonchev–Trinajstić information content (AvgIpc) is 2.49. The Labute approximate surface area is 117 Å². The van der Waals surface area contributed by atoms with Crippen molar-refractivity contribution in [2.45, 2.75) is 44.9 Å². The Balaban J connectivity index is 1.79. The number of allylic oxidation sites excluding steroid dienone is 2. The summed E-state index contributed by atoms with van der Waals surface area (Å²) in [4.78, 5) is 0. The van der Waals surface area contributed by atoms with Crippen LogP contribution in [0.2, 0.25) is 0 Å². The third-order valence-electron chi connectivity index (χ3n) is 4.74. The van der Waals surface area contributed by atoms with Gasteiger partial charge in [-0.15, -0.1) is 0 Å². The van der Waals surface area contributed by atoms with Crippen molar-refractivity contribution in [2.75, 3.05) is 13.1 Å². The summed E-state index contributed by atoms with van der Waals surface area (Å²) in [6.07, 6.45) is 8.92. The van der Waals surface area contributed by atoms with Crippen molar-refractivity contribution < 1.29 is 0 Å². The zero-order valence-corrected chi connectivity index (χ0v) is 12.0. The predicted molar refractivity (Wildman–Crippen MR) is 82.3 cm³/mol. The molecule has 1 saturated heterocycles. The number of piperidine rings is 1. The summed E-state index contributed by atoms with van der Waals surface area (Å²) in [6, 6.07) is 9.33. The minimum absolute atomic E-state index is 0.768. The van der Waals surface area contributed by atoms with E-state index >= 15 is 0 Å². The zero-order chi connectivity index (χ0) is 13.1. The van der Waals surface area contributed by atoms with Crippen molar-refractivity contribution in [1.29, 1.82) is 0 Å². The molecule has 1 aliphatic carbocycles. The van der Waals surface area contributed by atoms with E-state index in [-0.39, 0.29) is 0 Å². The molecule has 1 heterocycles. The number of hydrogen-bond donors (Lipinski definition) is 1. The van der Waals surface area contributed by atoms with Gasteiger partial charge in [-0.1, -0.05) is 37.3 Å². The molecule has 19 heavy (non-hydrogen) atoms. The maximum Gasteiger partial charge on any atom is -0.00431 e. The SMILES string of the molecule is CC1CC=C(c2cccc(C3CCNCC3)c2)CC1. The van der Waals surface area contributed by atoms with Crippen molar-refractivity contribution in [1.82, 2.24) is 5.32 Å². The summed E-state index contributed by atoms with van der Waals surface area (Å²) in [6.45, 7) is 4.71. The lowest BCUT2D eigenvalue weighted by Crippen LogP contribution is -2.26. The predicted octanol–water partition coefficient (Wildman–Crippen LogP) is 4.36. The molecule has 2 aliphatic rings. The van der Waals surface area contributed by atoms with Crippen LogP contribution in [-0.4, -0.2) is 13.1 Å². The van der Waals surface area contributed by atoms with Crippen molar-refractivity contribution in [3.8, 4) is 0 Å². The Morgan fingerprint density at radius 3 is 2.68 bits per heavy atom. The first-order valence-electron chi connectivity index (χ1n) is 7.83. The molecule has 1 aromatic carbocycles. The van der Waals surface area contributed by atoms with Gasteiger partial charge in [-0.25, -0.2) is 0 Å². The maximum absolute atomic E-state index is 3.46. The first-order chi connectivity index (χ1) is 9.33. The molecule has 0 radical (unpaired) electrons. The highest BCUT2D eigenvalue weighted by Crippen LogP contribution is 2.32. The van der Waals surface area contributed by atoms with Gasteiger partial charge in [0, 0.05) is 0 Å². The molecule has 102 valence electrons. The van der Waals surface area contributed by atoms with Crippen LogP contribution in [-0.2, 0) is 0 Å². The van der Waals surface area contributed by atoms with E-state index in [1.165, 1.54) is 50.8 Å². The smallest absolute Gasteiger partial charge is 0.00431 e. The molecule has 1 fully saturated rings. The highest BCUT2D eigenvalue weighted by atomic mass is 14.9. The van der Waals surface area contributed by atoms with Gasteiger partial charge >= 0.3 is 0 Å². The van der Waals surface area contributed by atoms with Crippen LogP contribution in [0.15, 0.2) is 30.3 Å². The molecule has 1 atom stereocenters. The number of rotatable bonds is 2. The van der Waals surface area contributed by atoms with E-state index in [2.05, 4.69) is 42.6 Å². The summed E-state index contributed by atoms with van der Waals surface area (Å²) >= 11 is 0. The van der Waals surface area contributed by atoms with Gasteiger partial charge in [0.25, 0.3) is 0 Å². The molecule has 3 rings (SSSR count). The molecule has 0 aromatic heterocycles. The van der Waals surface area contributed by atoms with Crippen LogP contribution in [0.25, 0.3) is 5.57 Å². The van der Waals surface area contributed by atoms with Gasteiger partial charge in [0.2, 0.25) is 0 Å². The molecule has 1 N–H and O–H groups in total. The average molecular weight is 255 g/mol. The first kappa shape index (κ1) is 12.9. The normalized spacial score (nSPS) is 25.1. The molecule has 1 aliphatic heterocycles. The van der Waals surface area contributed by atoms with E-state index in [0.717, 1.165) is 11.8 Å². The van der Waals surface area contributed by atoms with Gasteiger partial charge < -0.3 is 5.32 Å². The molecular weight excluding hydrogens is 230 g/mol. The molecule has 1 heteroatoms. The van der Waals surface area contributed by atoms with Crippen LogP contribution in [0.3, 0.4) is 0 Å². The Bertz CT molecular complexity index is 455. The fraction of sp³-hybridized carbons (Fsp3) is 0.556. The molecule has 0 spiro atoms. The topological polar surface area (TPSA) is 12.0 Å². The van der Waals surface area contributed by atoms with E-state index in [1.807, 2.05) is 0 Å². The maximum atomic E-state index is 3.46. The third-order valence-corrected chi connectivity index (χ3v) is 4.74. The summed E-state index contributed by atoms with van der Waals surface area (Å²) in [7, 11) is 0. The van der Waals surface area contributed by atoms with Gasteiger partial charge in [-0.05, 0) is 73.7 Å². The molecule has 0 amide bonds. The van der Waals surface area contributed by atoms with Gasteiger partial charge in [-0.2, -0.15) is 0 Å². The monoisotopic (exact) mass is 255 g/mol. The summed E-state index contributed by atoms with van der Waals surface area (Å²) in [5.74, 6) is 1.64. The van der Waals surface area contributed by atoms with E-state index in [0.29, 0.717) is 0 Å². The Kier molecular flexibility index (Phi) is 4.03. The van der Waals surface area contributed by atoms with Gasteiger partial charge in [0.05, 0.1) is 0 Å². The van der Waals surface area contributed by atoms with Crippen molar-refractivity contribution in [2.24, 2.45) is 5.92 Å². The molecule has 0 saturated carbocycles. The molecule has 1 aromatic rings. The van der Waals surface area contributed by atoms with Crippen molar-refractivity contribution in [3.05, 3.63) is 41.5 Å². The van der Waals surface area contributed by atoms with Crippen LogP contribution in [0.1, 0.15) is 56.1 Å². The quantitative estimate of drug-likeness (QED) is 0.828. The number of hydrogen-bond acceptors (Lipinski definition) is 1. The standard InChI is InChI=1S/C18H25N/c1-14-5-7-15(8-6-14)17-3-2-4-18(13-17)16-9-11-19-12-10-16/h2-4,7,13-14,16,19H,5-6,8-12H2,1H3. The van der Waals surface area contributed by atoms with Crippen LogP contribution in [0, 0.1) is 5.92 Å². The second-order valence-corrected chi connectivity index (χ2v) is 6.26. The van der Waals surface area contributed by atoms with Crippen LogP contribution in [0.5, 0.6) is 0 Å². The highest BCUT2D eigenvalue weighted by molar-refractivity contribution is 5.66. The zero-order valence-electron chi connectivity index (χ0n) is 12.0. The Morgan fingerprint density at radius 2 is 1.95 bits per heavy atom. The molecule has 1 unspecified atom stereocenters. The van der Waals surface area contributed by atoms with E-state index in [9.17, 15) is 0 Å². The van der Waals surface area contributed by atoms with Gasteiger partial charge in [0.15, 0.2) is 0 Å². The van der Waals surface area contributed by atoms with Crippen LogP contribution in [0.4, 0.5) is 0 Å². The first-order valence-corrected chi connectivity index (χ1v) is 7.83. The highest BCUT2D eigenvalue weighted by Gasteiger charge is 2.17. The summed E-state index contributed by atoms with van der Waals surface area (Å²) in [5, 5.41) is 3.46. The molecule has 1 nitrogen and oxygen atoms in total.